The van der Waals surface area contributed by atoms with Gasteiger partial charge in [-0.1, -0.05) is 23.7 Å². The number of nitrogens with one attached hydrogen (secondary N) is 1. The van der Waals surface area contributed by atoms with Gasteiger partial charge in [-0.15, -0.1) is 0 Å². The molecule has 0 bridgehead atoms. The van der Waals surface area contributed by atoms with Gasteiger partial charge < -0.3 is 9.47 Å². The Hall–Kier alpha value is -1.76. The minimum Gasteiger partial charge on any atom is -0.490 e. The monoisotopic (exact) mass is 367 g/mol. The first-order chi connectivity index (χ1) is 11.5. The number of ether oxygens (including phenoxy) is 2. The third-order valence-corrected chi connectivity index (χ3v) is 5.50. The Labute approximate surface area is 146 Å². The Bertz CT molecular complexity index is 821. The van der Waals surface area contributed by atoms with Gasteiger partial charge in [0.05, 0.1) is 24.2 Å². The van der Waals surface area contributed by atoms with Crippen molar-refractivity contribution in [2.75, 3.05) is 13.2 Å². The van der Waals surface area contributed by atoms with Crippen LogP contribution in [0.4, 0.5) is 0 Å². The first kappa shape index (κ1) is 17.1. The summed E-state index contributed by atoms with van der Waals surface area (Å²) >= 11 is 5.82. The Morgan fingerprint density at radius 3 is 2.71 bits per heavy atom. The lowest BCUT2D eigenvalue weighted by molar-refractivity contribution is 0.239. The summed E-state index contributed by atoms with van der Waals surface area (Å²) in [6.45, 7) is 2.83. The molecule has 0 amide bonds. The molecule has 1 atom stereocenters. The molecule has 1 aliphatic rings. The maximum atomic E-state index is 12.6. The van der Waals surface area contributed by atoms with Crippen LogP contribution in [0.3, 0.4) is 0 Å². The number of hydrogen-bond acceptors (Lipinski definition) is 4. The summed E-state index contributed by atoms with van der Waals surface area (Å²) in [5.74, 6) is 1.24. The van der Waals surface area contributed by atoms with Crippen LogP contribution in [-0.4, -0.2) is 21.6 Å². The summed E-state index contributed by atoms with van der Waals surface area (Å²) in [4.78, 5) is 0.181. The second kappa shape index (κ2) is 7.01. The quantitative estimate of drug-likeness (QED) is 0.877. The SMILES string of the molecule is CCOc1cccc2c1OCCC2NS(=O)(=O)c1ccc(Cl)cc1. The first-order valence-electron chi connectivity index (χ1n) is 7.67. The zero-order valence-corrected chi connectivity index (χ0v) is 14.7. The van der Waals surface area contributed by atoms with Crippen molar-refractivity contribution >= 4 is 21.6 Å². The molecule has 0 aromatic heterocycles. The van der Waals surface area contributed by atoms with Crippen LogP contribution in [0.15, 0.2) is 47.4 Å². The predicted molar refractivity (Wildman–Crippen MR) is 92.2 cm³/mol. The van der Waals surface area contributed by atoms with Gasteiger partial charge >= 0.3 is 0 Å². The summed E-state index contributed by atoms with van der Waals surface area (Å²) in [5, 5.41) is 0.492. The highest BCUT2D eigenvalue weighted by Gasteiger charge is 2.28. The summed E-state index contributed by atoms with van der Waals surface area (Å²) in [6, 6.07) is 11.2. The Kier molecular flexibility index (Phi) is 4.99. The molecule has 1 unspecified atom stereocenters. The zero-order valence-electron chi connectivity index (χ0n) is 13.2. The van der Waals surface area contributed by atoms with Gasteiger partial charge in [-0.25, -0.2) is 13.1 Å². The predicted octanol–water partition coefficient (Wildman–Crippen LogP) is 3.54. The Balaban J connectivity index is 1.90. The van der Waals surface area contributed by atoms with E-state index in [-0.39, 0.29) is 10.9 Å². The van der Waals surface area contributed by atoms with Crippen molar-refractivity contribution in [3.05, 3.63) is 53.1 Å². The molecule has 2 aromatic carbocycles. The van der Waals surface area contributed by atoms with Gasteiger partial charge in [0, 0.05) is 17.0 Å². The average Bonchev–Trinajstić information content (AvgIpc) is 2.56. The highest BCUT2D eigenvalue weighted by molar-refractivity contribution is 7.89. The van der Waals surface area contributed by atoms with Gasteiger partial charge in [0.15, 0.2) is 11.5 Å². The van der Waals surface area contributed by atoms with Crippen LogP contribution in [0.2, 0.25) is 5.02 Å². The molecule has 0 aliphatic carbocycles. The maximum Gasteiger partial charge on any atom is 0.241 e. The van der Waals surface area contributed by atoms with E-state index in [1.54, 1.807) is 12.1 Å². The molecule has 0 radical (unpaired) electrons. The number of halogens is 1. The van der Waals surface area contributed by atoms with Crippen LogP contribution >= 0.6 is 11.6 Å². The minimum atomic E-state index is -3.65. The second-order valence-corrected chi connectivity index (χ2v) is 7.52. The number of benzene rings is 2. The number of sulfonamides is 1. The largest absolute Gasteiger partial charge is 0.490 e. The van der Waals surface area contributed by atoms with Crippen LogP contribution in [-0.2, 0) is 10.0 Å². The van der Waals surface area contributed by atoms with Gasteiger partial charge in [-0.3, -0.25) is 0 Å². The molecule has 1 heterocycles. The normalized spacial score (nSPS) is 17.0. The van der Waals surface area contributed by atoms with E-state index in [1.807, 2.05) is 25.1 Å². The third-order valence-electron chi connectivity index (χ3n) is 3.76. The van der Waals surface area contributed by atoms with E-state index in [2.05, 4.69) is 4.72 Å². The van der Waals surface area contributed by atoms with Crippen molar-refractivity contribution < 1.29 is 17.9 Å². The fourth-order valence-electron chi connectivity index (χ4n) is 2.66. The summed E-state index contributed by atoms with van der Waals surface area (Å²) in [6.07, 6.45) is 0.551. The van der Waals surface area contributed by atoms with Gasteiger partial charge in [0.2, 0.25) is 10.0 Å². The molecule has 5 nitrogen and oxygen atoms in total. The molecular formula is C17H18ClNO4S. The molecule has 0 fully saturated rings. The summed E-state index contributed by atoms with van der Waals surface area (Å²) in [7, 11) is -3.65. The van der Waals surface area contributed by atoms with Crippen LogP contribution in [0.1, 0.15) is 24.9 Å². The third kappa shape index (κ3) is 3.50. The standard InChI is InChI=1S/C17H18ClNO4S/c1-2-22-16-5-3-4-14-15(10-11-23-17(14)16)19-24(20,21)13-8-6-12(18)7-9-13/h3-9,15,19H,2,10-11H2,1H3. The first-order valence-corrected chi connectivity index (χ1v) is 9.54. The van der Waals surface area contributed by atoms with Crippen molar-refractivity contribution in [2.45, 2.75) is 24.3 Å². The molecule has 2 aromatic rings. The van der Waals surface area contributed by atoms with Gasteiger partial charge in [0.25, 0.3) is 0 Å². The lowest BCUT2D eigenvalue weighted by atomic mass is 10.0. The van der Waals surface area contributed by atoms with E-state index < -0.39 is 10.0 Å². The van der Waals surface area contributed by atoms with E-state index >= 15 is 0 Å². The van der Waals surface area contributed by atoms with Crippen molar-refractivity contribution in [3.8, 4) is 11.5 Å². The van der Waals surface area contributed by atoms with Crippen LogP contribution < -0.4 is 14.2 Å². The zero-order chi connectivity index (χ0) is 17.2. The van der Waals surface area contributed by atoms with Gasteiger partial charge in [-0.2, -0.15) is 0 Å². The molecular weight excluding hydrogens is 350 g/mol. The fraction of sp³-hybridized carbons (Fsp3) is 0.294. The Morgan fingerprint density at radius 2 is 2.00 bits per heavy atom. The number of para-hydroxylation sites is 1. The van der Waals surface area contributed by atoms with Crippen LogP contribution in [0, 0.1) is 0 Å². The second-order valence-electron chi connectivity index (χ2n) is 5.37. The average molecular weight is 368 g/mol. The Morgan fingerprint density at radius 1 is 1.25 bits per heavy atom. The minimum absolute atomic E-state index is 0.181. The molecule has 1 N–H and O–H groups in total. The number of fused-ring (bicyclic) bond motifs is 1. The number of hydrogen-bond donors (Lipinski definition) is 1. The van der Waals surface area contributed by atoms with Gasteiger partial charge in [0.1, 0.15) is 0 Å². The van der Waals surface area contributed by atoms with E-state index in [4.69, 9.17) is 21.1 Å². The summed E-state index contributed by atoms with van der Waals surface area (Å²) < 4.78 is 39.2. The lowest BCUT2D eigenvalue weighted by Crippen LogP contribution is -2.32. The fourth-order valence-corrected chi connectivity index (χ4v) is 4.03. The summed E-state index contributed by atoms with van der Waals surface area (Å²) in [5.41, 5.74) is 0.782. The van der Waals surface area contributed by atoms with Crippen molar-refractivity contribution in [1.29, 1.82) is 0 Å². The van der Waals surface area contributed by atoms with Crippen molar-refractivity contribution in [2.24, 2.45) is 0 Å². The van der Waals surface area contributed by atoms with E-state index in [0.29, 0.717) is 36.2 Å². The molecule has 0 spiro atoms. The van der Waals surface area contributed by atoms with E-state index in [0.717, 1.165) is 5.56 Å². The van der Waals surface area contributed by atoms with Crippen molar-refractivity contribution in [1.82, 2.24) is 4.72 Å². The van der Waals surface area contributed by atoms with Crippen LogP contribution in [0.25, 0.3) is 0 Å². The lowest BCUT2D eigenvalue weighted by Gasteiger charge is -2.27. The number of rotatable bonds is 5. The van der Waals surface area contributed by atoms with E-state index in [1.165, 1.54) is 12.1 Å². The highest BCUT2D eigenvalue weighted by Crippen LogP contribution is 2.40. The topological polar surface area (TPSA) is 64.6 Å². The molecule has 1 aliphatic heterocycles. The van der Waals surface area contributed by atoms with Gasteiger partial charge in [-0.05, 0) is 37.3 Å². The molecule has 24 heavy (non-hydrogen) atoms. The molecule has 0 saturated carbocycles. The molecule has 0 saturated heterocycles. The highest BCUT2D eigenvalue weighted by atomic mass is 35.5. The molecule has 128 valence electrons. The molecule has 3 rings (SSSR count). The van der Waals surface area contributed by atoms with E-state index in [9.17, 15) is 8.42 Å². The van der Waals surface area contributed by atoms with Crippen LogP contribution in [0.5, 0.6) is 11.5 Å². The van der Waals surface area contributed by atoms with Crippen molar-refractivity contribution in [3.63, 3.8) is 0 Å². The molecule has 7 heteroatoms. The smallest absolute Gasteiger partial charge is 0.241 e. The maximum absolute atomic E-state index is 12.6.